The molecular weight excluding hydrogens is 128 g/mol. The van der Waals surface area contributed by atoms with Gasteiger partial charge < -0.3 is 11.1 Å². The average molecular weight is 140 g/mol. The van der Waals surface area contributed by atoms with Crippen molar-refractivity contribution in [1.82, 2.24) is 5.32 Å². The lowest BCUT2D eigenvalue weighted by atomic mass is 10.2. The highest BCUT2D eigenvalue weighted by atomic mass is 16.2. The molecule has 56 valence electrons. The summed E-state index contributed by atoms with van der Waals surface area (Å²) in [6.07, 6.45) is 5.55. The maximum absolute atomic E-state index is 10.8. The Balaban J connectivity index is 3.54. The van der Waals surface area contributed by atoms with Crippen LogP contribution in [0.15, 0.2) is 0 Å². The summed E-state index contributed by atoms with van der Waals surface area (Å²) in [6.45, 7) is 2.10. The van der Waals surface area contributed by atoms with Gasteiger partial charge in [-0.3, -0.25) is 4.79 Å². The quantitative estimate of drug-likeness (QED) is 0.518. The molecule has 0 saturated heterocycles. The summed E-state index contributed by atoms with van der Waals surface area (Å²) in [7, 11) is 0. The lowest BCUT2D eigenvalue weighted by Crippen LogP contribution is -2.40. The summed E-state index contributed by atoms with van der Waals surface area (Å²) in [5, 5.41) is 2.48. The summed E-state index contributed by atoms with van der Waals surface area (Å²) in [5.74, 6) is 2.11. The van der Waals surface area contributed by atoms with Crippen LogP contribution in [0.3, 0.4) is 0 Å². The first kappa shape index (κ1) is 8.99. The summed E-state index contributed by atoms with van der Waals surface area (Å²) in [6, 6.07) is -0.423. The van der Waals surface area contributed by atoms with Crippen LogP contribution in [0, 0.1) is 12.3 Å². The summed E-state index contributed by atoms with van der Waals surface area (Å²) < 4.78 is 0. The largest absolute Gasteiger partial charge is 0.344 e. The van der Waals surface area contributed by atoms with Crippen LogP contribution < -0.4 is 11.1 Å². The molecule has 0 aromatic carbocycles. The Morgan fingerprint density at radius 1 is 1.90 bits per heavy atom. The highest BCUT2D eigenvalue weighted by Crippen LogP contribution is 1.83. The number of hydrogen-bond acceptors (Lipinski definition) is 2. The van der Waals surface area contributed by atoms with Gasteiger partial charge in [0, 0.05) is 0 Å². The Morgan fingerprint density at radius 2 is 2.50 bits per heavy atom. The van der Waals surface area contributed by atoms with Gasteiger partial charge in [-0.25, -0.2) is 0 Å². The molecule has 0 aromatic rings. The van der Waals surface area contributed by atoms with Gasteiger partial charge in [-0.1, -0.05) is 12.8 Å². The van der Waals surface area contributed by atoms with Crippen molar-refractivity contribution in [2.45, 2.75) is 19.4 Å². The number of rotatable bonds is 3. The minimum atomic E-state index is -0.423. The van der Waals surface area contributed by atoms with Crippen molar-refractivity contribution in [3.8, 4) is 12.3 Å². The molecular formula is C7H12N2O. The van der Waals surface area contributed by atoms with Gasteiger partial charge in [0.25, 0.3) is 0 Å². The minimum absolute atomic E-state index is 0.180. The third kappa shape index (κ3) is 3.10. The average Bonchev–Trinajstić information content (AvgIpc) is 1.98. The molecule has 0 aliphatic heterocycles. The Labute approximate surface area is 61.0 Å². The first-order chi connectivity index (χ1) is 4.72. The minimum Gasteiger partial charge on any atom is -0.344 e. The summed E-state index contributed by atoms with van der Waals surface area (Å²) in [5.41, 5.74) is 5.38. The smallest absolute Gasteiger partial charge is 0.237 e. The Bertz CT molecular complexity index is 148. The van der Waals surface area contributed by atoms with Crippen LogP contribution in [0.5, 0.6) is 0 Å². The fraction of sp³-hybridized carbons (Fsp3) is 0.571. The molecule has 0 bridgehead atoms. The first-order valence-corrected chi connectivity index (χ1v) is 3.19. The van der Waals surface area contributed by atoms with Crippen molar-refractivity contribution in [3.05, 3.63) is 0 Å². The zero-order valence-corrected chi connectivity index (χ0v) is 6.05. The maximum Gasteiger partial charge on any atom is 0.237 e. The predicted octanol–water partition coefficient (Wildman–Crippen LogP) is -0.527. The molecule has 0 fully saturated rings. The third-order valence-electron chi connectivity index (χ3n) is 1.14. The molecule has 0 aromatic heterocycles. The second kappa shape index (κ2) is 4.83. The lowest BCUT2D eigenvalue weighted by Gasteiger charge is -2.06. The van der Waals surface area contributed by atoms with Crippen LogP contribution in [-0.4, -0.2) is 18.5 Å². The van der Waals surface area contributed by atoms with E-state index in [2.05, 4.69) is 11.2 Å². The van der Waals surface area contributed by atoms with Crippen LogP contribution in [0.4, 0.5) is 0 Å². The monoisotopic (exact) mass is 140 g/mol. The number of terminal acetylenes is 1. The molecule has 3 N–H and O–H groups in total. The highest BCUT2D eigenvalue weighted by molar-refractivity contribution is 5.81. The lowest BCUT2D eigenvalue weighted by molar-refractivity contribution is -0.122. The van der Waals surface area contributed by atoms with Crippen molar-refractivity contribution in [2.24, 2.45) is 5.73 Å². The van der Waals surface area contributed by atoms with Crippen molar-refractivity contribution in [3.63, 3.8) is 0 Å². The zero-order valence-electron chi connectivity index (χ0n) is 6.05. The summed E-state index contributed by atoms with van der Waals surface area (Å²) in [4.78, 5) is 10.8. The SMILES string of the molecule is C#CCNC(=O)[C@@H](N)CC. The van der Waals surface area contributed by atoms with Gasteiger partial charge >= 0.3 is 0 Å². The van der Waals surface area contributed by atoms with E-state index in [1.807, 2.05) is 6.92 Å². The molecule has 1 atom stereocenters. The molecule has 0 aliphatic carbocycles. The molecule has 3 nitrogen and oxygen atoms in total. The topological polar surface area (TPSA) is 55.1 Å². The van der Waals surface area contributed by atoms with E-state index >= 15 is 0 Å². The van der Waals surface area contributed by atoms with Crippen molar-refractivity contribution >= 4 is 5.91 Å². The normalized spacial score (nSPS) is 11.7. The summed E-state index contributed by atoms with van der Waals surface area (Å²) >= 11 is 0. The van der Waals surface area contributed by atoms with Crippen LogP contribution in [0.1, 0.15) is 13.3 Å². The van der Waals surface area contributed by atoms with E-state index in [-0.39, 0.29) is 12.5 Å². The third-order valence-corrected chi connectivity index (χ3v) is 1.14. The molecule has 0 radical (unpaired) electrons. The van der Waals surface area contributed by atoms with Crippen molar-refractivity contribution in [1.29, 1.82) is 0 Å². The van der Waals surface area contributed by atoms with Crippen LogP contribution in [0.2, 0.25) is 0 Å². The molecule has 1 amide bonds. The standard InChI is InChI=1S/C7H12N2O/c1-3-5-9-7(10)6(8)4-2/h1,6H,4-5,8H2,2H3,(H,9,10)/t6-/m0/s1. The Morgan fingerprint density at radius 3 is 2.90 bits per heavy atom. The van der Waals surface area contributed by atoms with E-state index in [1.54, 1.807) is 0 Å². The Kier molecular flexibility index (Phi) is 4.34. The van der Waals surface area contributed by atoms with Gasteiger partial charge in [0.05, 0.1) is 12.6 Å². The maximum atomic E-state index is 10.8. The van der Waals surface area contributed by atoms with Gasteiger partial charge in [-0.15, -0.1) is 6.42 Å². The highest BCUT2D eigenvalue weighted by Gasteiger charge is 2.07. The number of nitrogens with two attached hydrogens (primary N) is 1. The molecule has 0 heterocycles. The van der Waals surface area contributed by atoms with E-state index in [0.29, 0.717) is 6.42 Å². The molecule has 0 unspecified atom stereocenters. The van der Waals surface area contributed by atoms with Gasteiger partial charge in [0.1, 0.15) is 0 Å². The van der Waals surface area contributed by atoms with Crippen molar-refractivity contribution < 1.29 is 4.79 Å². The second-order valence-electron chi connectivity index (χ2n) is 1.94. The van der Waals surface area contributed by atoms with E-state index in [1.165, 1.54) is 0 Å². The van der Waals surface area contributed by atoms with Gasteiger partial charge in [-0.2, -0.15) is 0 Å². The molecule has 3 heteroatoms. The molecule has 0 aliphatic rings. The molecule has 10 heavy (non-hydrogen) atoms. The van der Waals surface area contributed by atoms with Gasteiger partial charge in [0.2, 0.25) is 5.91 Å². The second-order valence-corrected chi connectivity index (χ2v) is 1.94. The van der Waals surface area contributed by atoms with Crippen molar-refractivity contribution in [2.75, 3.05) is 6.54 Å². The number of carbonyl (C=O) groups is 1. The zero-order chi connectivity index (χ0) is 7.98. The molecule has 0 rings (SSSR count). The van der Waals surface area contributed by atoms with E-state index < -0.39 is 6.04 Å². The van der Waals surface area contributed by atoms with E-state index in [9.17, 15) is 4.79 Å². The van der Waals surface area contributed by atoms with E-state index in [0.717, 1.165) is 0 Å². The van der Waals surface area contributed by atoms with Gasteiger partial charge in [-0.05, 0) is 6.42 Å². The Hall–Kier alpha value is -1.01. The molecule has 0 spiro atoms. The first-order valence-electron chi connectivity index (χ1n) is 3.19. The number of carbonyl (C=O) groups excluding carboxylic acids is 1. The number of hydrogen-bond donors (Lipinski definition) is 2. The van der Waals surface area contributed by atoms with Crippen LogP contribution in [-0.2, 0) is 4.79 Å². The molecule has 0 saturated carbocycles. The fourth-order valence-electron chi connectivity index (χ4n) is 0.455. The van der Waals surface area contributed by atoms with Crippen LogP contribution in [0.25, 0.3) is 0 Å². The number of amides is 1. The predicted molar refractivity (Wildman–Crippen MR) is 40.1 cm³/mol. The van der Waals surface area contributed by atoms with Gasteiger partial charge in [0.15, 0.2) is 0 Å². The fourth-order valence-corrected chi connectivity index (χ4v) is 0.455. The number of nitrogens with one attached hydrogen (secondary N) is 1. The van der Waals surface area contributed by atoms with E-state index in [4.69, 9.17) is 12.2 Å². The van der Waals surface area contributed by atoms with Crippen LogP contribution >= 0.6 is 0 Å².